The van der Waals surface area contributed by atoms with Crippen LogP contribution >= 0.6 is 0 Å². The number of nitrogens with zero attached hydrogens (tertiary/aromatic N) is 1. The molecule has 8 nitrogen and oxygen atoms in total. The molecule has 2 aliphatic rings. The number of aliphatic hydroxyl groups is 1. The van der Waals surface area contributed by atoms with Crippen LogP contribution in [0.3, 0.4) is 0 Å². The number of benzene rings is 1. The van der Waals surface area contributed by atoms with E-state index in [-0.39, 0.29) is 34.5 Å². The van der Waals surface area contributed by atoms with Gasteiger partial charge in [-0.05, 0) is 18.6 Å². The standard InChI is InChI=1S/C16H14F3NO7S.Na/c1-7-4-2-3-5-10(7)28(25,26)27-9-6-8-11(13(21)16(17,18)19)14(22)20(8)12(9)15(23)24;/h2-5,8,11,13,21H,6H2,1H3,(H,23,24);/q;+1/p-1. The Balaban J connectivity index is 0.00000300. The number of β-lactam (4-membered cyclic amide) rings is 1. The second kappa shape index (κ2) is 7.91. The summed E-state index contributed by atoms with van der Waals surface area (Å²) in [5.74, 6) is -5.97. The molecule has 0 spiro atoms. The predicted octanol–water partition coefficient (Wildman–Crippen LogP) is -3.18. The first-order valence-electron chi connectivity index (χ1n) is 7.88. The van der Waals surface area contributed by atoms with Gasteiger partial charge in [-0.15, -0.1) is 0 Å². The molecule has 1 aromatic rings. The molecule has 13 heteroatoms. The van der Waals surface area contributed by atoms with E-state index in [0.717, 1.165) is 0 Å². The van der Waals surface area contributed by atoms with Crippen LogP contribution in [0, 0.1) is 12.8 Å². The molecule has 0 aliphatic carbocycles. The van der Waals surface area contributed by atoms with Crippen LogP contribution in [0.1, 0.15) is 12.0 Å². The first-order valence-corrected chi connectivity index (χ1v) is 9.29. The van der Waals surface area contributed by atoms with Crippen molar-refractivity contribution in [3.63, 3.8) is 0 Å². The van der Waals surface area contributed by atoms with Crippen molar-refractivity contribution in [3.05, 3.63) is 41.3 Å². The Hall–Kier alpha value is -1.60. The van der Waals surface area contributed by atoms with E-state index in [4.69, 9.17) is 4.18 Å². The molecule has 0 bridgehead atoms. The number of aliphatic carboxylic acids is 1. The fraction of sp³-hybridized carbons (Fsp3) is 0.375. The minimum Gasteiger partial charge on any atom is -0.543 e. The Morgan fingerprint density at radius 2 is 1.93 bits per heavy atom. The molecular formula is C16H13F3NNaO7S. The topological polar surface area (TPSA) is 124 Å². The van der Waals surface area contributed by atoms with E-state index in [1.807, 2.05) is 0 Å². The Bertz CT molecular complexity index is 992. The van der Waals surface area contributed by atoms with Crippen LogP contribution in [0.25, 0.3) is 0 Å². The van der Waals surface area contributed by atoms with Crippen molar-refractivity contribution in [2.75, 3.05) is 0 Å². The summed E-state index contributed by atoms with van der Waals surface area (Å²) in [7, 11) is -4.52. The molecule has 152 valence electrons. The fourth-order valence-electron chi connectivity index (χ4n) is 3.33. The maximum Gasteiger partial charge on any atom is 1.00 e. The molecule has 2 aliphatic heterocycles. The van der Waals surface area contributed by atoms with Crippen molar-refractivity contribution in [2.45, 2.75) is 36.6 Å². The number of alkyl halides is 3. The van der Waals surface area contributed by atoms with Gasteiger partial charge in [0, 0.05) is 6.42 Å². The summed E-state index contributed by atoms with van der Waals surface area (Å²) >= 11 is 0. The van der Waals surface area contributed by atoms with Gasteiger partial charge in [0.1, 0.15) is 16.4 Å². The molecule has 0 saturated carbocycles. The van der Waals surface area contributed by atoms with E-state index < -0.39 is 64.1 Å². The van der Waals surface area contributed by atoms with Crippen molar-refractivity contribution in [1.82, 2.24) is 4.90 Å². The second-order valence-electron chi connectivity index (χ2n) is 6.35. The molecule has 3 atom stereocenters. The number of carboxylic acid groups (broad SMARTS) is 1. The van der Waals surface area contributed by atoms with Crippen LogP contribution in [0.2, 0.25) is 0 Å². The van der Waals surface area contributed by atoms with E-state index in [2.05, 4.69) is 0 Å². The summed E-state index contributed by atoms with van der Waals surface area (Å²) in [6.45, 7) is 1.46. The number of hydrogen-bond donors (Lipinski definition) is 1. The average molecular weight is 443 g/mol. The number of rotatable bonds is 5. The van der Waals surface area contributed by atoms with Crippen LogP contribution in [-0.4, -0.2) is 48.6 Å². The summed E-state index contributed by atoms with van der Waals surface area (Å²) in [6.07, 6.45) is -8.75. The Labute approximate surface area is 185 Å². The molecule has 2 heterocycles. The van der Waals surface area contributed by atoms with Crippen LogP contribution in [0.4, 0.5) is 13.2 Å². The van der Waals surface area contributed by atoms with E-state index in [1.165, 1.54) is 25.1 Å². The van der Waals surface area contributed by atoms with Gasteiger partial charge in [-0.1, -0.05) is 18.2 Å². The summed E-state index contributed by atoms with van der Waals surface area (Å²) in [6, 6.07) is 4.22. The molecule has 1 N–H and O–H groups in total. The van der Waals surface area contributed by atoms with Crippen molar-refractivity contribution >= 4 is 22.0 Å². The zero-order chi connectivity index (χ0) is 21.0. The summed E-state index contributed by atoms with van der Waals surface area (Å²) in [4.78, 5) is 23.6. The third-order valence-electron chi connectivity index (χ3n) is 4.61. The summed E-state index contributed by atoms with van der Waals surface area (Å²) in [5, 5.41) is 20.8. The number of aliphatic hydroxyl groups excluding tert-OH is 1. The Morgan fingerprint density at radius 3 is 2.45 bits per heavy atom. The van der Waals surface area contributed by atoms with E-state index in [9.17, 15) is 41.4 Å². The number of carbonyl (C=O) groups is 2. The number of carbonyl (C=O) groups excluding carboxylic acids is 2. The smallest absolute Gasteiger partial charge is 0.543 e. The van der Waals surface area contributed by atoms with Gasteiger partial charge in [0.2, 0.25) is 5.91 Å². The van der Waals surface area contributed by atoms with Crippen LogP contribution in [-0.2, 0) is 23.9 Å². The average Bonchev–Trinajstić information content (AvgIpc) is 2.88. The molecular weight excluding hydrogens is 430 g/mol. The van der Waals surface area contributed by atoms with Crippen molar-refractivity contribution in [1.29, 1.82) is 0 Å². The van der Waals surface area contributed by atoms with Gasteiger partial charge < -0.3 is 24.1 Å². The summed E-state index contributed by atoms with van der Waals surface area (Å²) in [5.41, 5.74) is -0.668. The van der Waals surface area contributed by atoms with E-state index in [1.54, 1.807) is 6.07 Å². The normalized spacial score (nSPS) is 22.5. The molecule has 0 aromatic heterocycles. The van der Waals surface area contributed by atoms with Crippen LogP contribution < -0.4 is 34.7 Å². The van der Waals surface area contributed by atoms with E-state index >= 15 is 0 Å². The third-order valence-corrected chi connectivity index (χ3v) is 6.03. The number of halogens is 3. The van der Waals surface area contributed by atoms with Gasteiger partial charge in [0.05, 0.1) is 17.9 Å². The van der Waals surface area contributed by atoms with Gasteiger partial charge >= 0.3 is 45.9 Å². The number of hydrogen-bond acceptors (Lipinski definition) is 7. The molecule has 1 amide bonds. The maximum absolute atomic E-state index is 12.8. The van der Waals surface area contributed by atoms with Gasteiger partial charge in [-0.25, -0.2) is 0 Å². The Kier molecular flexibility index (Phi) is 6.46. The third kappa shape index (κ3) is 4.04. The fourth-order valence-corrected chi connectivity index (χ4v) is 4.54. The Morgan fingerprint density at radius 1 is 1.34 bits per heavy atom. The molecule has 3 rings (SSSR count). The number of fused-ring (bicyclic) bond motifs is 1. The number of aryl methyl sites for hydroxylation is 1. The SMILES string of the molecule is Cc1ccccc1S(=O)(=O)OC1=C(C(=O)[O-])N2C(=O)C(C(O)C(F)(F)F)C2C1.[Na+]. The van der Waals surface area contributed by atoms with Crippen molar-refractivity contribution in [2.24, 2.45) is 5.92 Å². The van der Waals surface area contributed by atoms with Crippen molar-refractivity contribution < 1.29 is 75.1 Å². The van der Waals surface area contributed by atoms with Gasteiger partial charge in [0.25, 0.3) is 0 Å². The van der Waals surface area contributed by atoms with Gasteiger partial charge in [-0.2, -0.15) is 21.6 Å². The minimum atomic E-state index is -5.11. The molecule has 29 heavy (non-hydrogen) atoms. The molecule has 0 radical (unpaired) electrons. The predicted molar refractivity (Wildman–Crippen MR) is 82.3 cm³/mol. The second-order valence-corrected chi connectivity index (χ2v) is 7.87. The maximum atomic E-state index is 12.8. The van der Waals surface area contributed by atoms with Crippen LogP contribution in [0.5, 0.6) is 0 Å². The zero-order valence-electron chi connectivity index (χ0n) is 15.1. The quantitative estimate of drug-likeness (QED) is 0.289. The van der Waals surface area contributed by atoms with Gasteiger partial charge in [-0.3, -0.25) is 4.79 Å². The molecule has 1 aromatic carbocycles. The largest absolute Gasteiger partial charge is 1.00 e. The minimum absolute atomic E-state index is 0. The van der Waals surface area contributed by atoms with E-state index in [0.29, 0.717) is 10.5 Å². The zero-order valence-corrected chi connectivity index (χ0v) is 18.0. The summed E-state index contributed by atoms with van der Waals surface area (Å²) < 4.78 is 68.0. The monoisotopic (exact) mass is 443 g/mol. The van der Waals surface area contributed by atoms with Crippen LogP contribution in [0.15, 0.2) is 40.6 Å². The number of carboxylic acids is 1. The molecule has 1 fully saturated rings. The molecule has 1 saturated heterocycles. The van der Waals surface area contributed by atoms with Gasteiger partial charge in [0.15, 0.2) is 6.10 Å². The first-order chi connectivity index (χ1) is 12.9. The molecule has 3 unspecified atom stereocenters. The van der Waals surface area contributed by atoms with Crippen molar-refractivity contribution in [3.8, 4) is 0 Å². The number of amides is 1. The first kappa shape index (κ1) is 23.7.